The van der Waals surface area contributed by atoms with Gasteiger partial charge in [-0.15, -0.1) is 0 Å². The maximum atomic E-state index is 9.83. The van der Waals surface area contributed by atoms with Crippen molar-refractivity contribution in [1.29, 1.82) is 0 Å². The van der Waals surface area contributed by atoms with Gasteiger partial charge in [0.05, 0.1) is 5.60 Å². The molecule has 0 bridgehead atoms. The maximum absolute atomic E-state index is 9.83. The Hall–Kier alpha value is 0.240. The minimum atomic E-state index is -0.474. The molecule has 0 aromatic rings. The zero-order valence-electron chi connectivity index (χ0n) is 7.76. The van der Waals surface area contributed by atoms with Gasteiger partial charge in [0.25, 0.3) is 0 Å². The maximum Gasteiger partial charge on any atom is 0.0900 e. The molecule has 0 spiro atoms. The predicted molar refractivity (Wildman–Crippen MR) is 56.1 cm³/mol. The van der Waals surface area contributed by atoms with Gasteiger partial charge < -0.3 is 5.11 Å². The largest absolute Gasteiger partial charge is 0.387 e. The van der Waals surface area contributed by atoms with E-state index >= 15 is 0 Å². The average Bonchev–Trinajstić information content (AvgIpc) is 2.02. The van der Waals surface area contributed by atoms with Crippen LogP contribution in [-0.4, -0.2) is 35.2 Å². The Bertz CT molecular complexity index is 200. The normalized spacial score (nSPS) is 22.9. The zero-order valence-corrected chi connectivity index (χ0v) is 9.28. The van der Waals surface area contributed by atoms with E-state index < -0.39 is 5.60 Å². The summed E-state index contributed by atoms with van der Waals surface area (Å²) in [7, 11) is 0. The number of hydrogen-bond donors (Lipinski definition) is 1. The summed E-state index contributed by atoms with van der Waals surface area (Å²) in [6.45, 7) is 4.15. The SMILES string of the molecule is CCCC1(O)CN(CC(Cl)=CCl)C1. The quantitative estimate of drug-likeness (QED) is 0.790. The molecule has 1 fully saturated rings. The second-order valence-corrected chi connectivity index (χ2v) is 4.38. The van der Waals surface area contributed by atoms with E-state index in [2.05, 4.69) is 11.8 Å². The van der Waals surface area contributed by atoms with E-state index in [1.165, 1.54) is 5.54 Å². The van der Waals surface area contributed by atoms with Crippen LogP contribution in [0.25, 0.3) is 0 Å². The molecular weight excluding hydrogens is 209 g/mol. The minimum absolute atomic E-state index is 0.474. The van der Waals surface area contributed by atoms with E-state index in [1.54, 1.807) is 0 Å². The predicted octanol–water partition coefficient (Wildman–Crippen LogP) is 2.15. The number of halogens is 2. The molecule has 0 saturated carbocycles. The van der Waals surface area contributed by atoms with E-state index in [-0.39, 0.29) is 0 Å². The summed E-state index contributed by atoms with van der Waals surface area (Å²) >= 11 is 11.2. The summed E-state index contributed by atoms with van der Waals surface area (Å²) in [4.78, 5) is 2.08. The van der Waals surface area contributed by atoms with Crippen LogP contribution in [0.2, 0.25) is 0 Å². The van der Waals surface area contributed by atoms with Crippen LogP contribution in [0.3, 0.4) is 0 Å². The molecular formula is C9H15Cl2NO. The van der Waals surface area contributed by atoms with Gasteiger partial charge in [-0.2, -0.15) is 0 Å². The first-order valence-electron chi connectivity index (χ1n) is 4.49. The van der Waals surface area contributed by atoms with E-state index in [4.69, 9.17) is 23.2 Å². The fraction of sp³-hybridized carbons (Fsp3) is 0.778. The fourth-order valence-electron chi connectivity index (χ4n) is 1.77. The molecule has 0 aliphatic carbocycles. The molecule has 1 aliphatic heterocycles. The number of aliphatic hydroxyl groups is 1. The standard InChI is InChI=1S/C9H15Cl2NO/c1-2-3-9(13)6-12(7-9)5-8(11)4-10/h4,13H,2-3,5-7H2,1H3. The Morgan fingerprint density at radius 1 is 1.62 bits per heavy atom. The summed E-state index contributed by atoms with van der Waals surface area (Å²) in [6, 6.07) is 0. The van der Waals surface area contributed by atoms with Crippen molar-refractivity contribution in [3.8, 4) is 0 Å². The van der Waals surface area contributed by atoms with Crippen molar-refractivity contribution in [2.45, 2.75) is 25.4 Å². The van der Waals surface area contributed by atoms with Crippen LogP contribution in [0.4, 0.5) is 0 Å². The van der Waals surface area contributed by atoms with Crippen molar-refractivity contribution in [3.05, 3.63) is 10.6 Å². The van der Waals surface area contributed by atoms with E-state index in [0.717, 1.165) is 12.8 Å². The van der Waals surface area contributed by atoms with Gasteiger partial charge >= 0.3 is 0 Å². The molecule has 0 aromatic heterocycles. The molecule has 1 rings (SSSR count). The minimum Gasteiger partial charge on any atom is -0.387 e. The Balaban J connectivity index is 2.25. The molecule has 1 aliphatic rings. The van der Waals surface area contributed by atoms with Crippen LogP contribution in [0.5, 0.6) is 0 Å². The summed E-state index contributed by atoms with van der Waals surface area (Å²) in [5.41, 5.74) is 0.900. The third-order valence-corrected chi connectivity index (χ3v) is 2.85. The summed E-state index contributed by atoms with van der Waals surface area (Å²) in [5, 5.41) is 10.5. The van der Waals surface area contributed by atoms with Crippen LogP contribution in [0.1, 0.15) is 19.8 Å². The molecule has 1 N–H and O–H groups in total. The van der Waals surface area contributed by atoms with Gasteiger partial charge in [-0.1, -0.05) is 36.5 Å². The van der Waals surface area contributed by atoms with E-state index in [1.807, 2.05) is 0 Å². The smallest absolute Gasteiger partial charge is 0.0900 e. The van der Waals surface area contributed by atoms with Crippen molar-refractivity contribution < 1.29 is 5.11 Å². The van der Waals surface area contributed by atoms with Gasteiger partial charge in [0.1, 0.15) is 0 Å². The van der Waals surface area contributed by atoms with Gasteiger partial charge in [0.15, 0.2) is 0 Å². The molecule has 0 radical (unpaired) electrons. The molecule has 0 amide bonds. The molecule has 2 nitrogen and oxygen atoms in total. The second-order valence-electron chi connectivity index (χ2n) is 3.68. The molecule has 76 valence electrons. The lowest BCUT2D eigenvalue weighted by Gasteiger charge is -2.46. The van der Waals surface area contributed by atoms with Crippen molar-refractivity contribution in [2.75, 3.05) is 19.6 Å². The first kappa shape index (κ1) is 11.3. The van der Waals surface area contributed by atoms with Crippen molar-refractivity contribution in [2.24, 2.45) is 0 Å². The van der Waals surface area contributed by atoms with Crippen molar-refractivity contribution >= 4 is 23.2 Å². The summed E-state index contributed by atoms with van der Waals surface area (Å²) < 4.78 is 0. The topological polar surface area (TPSA) is 23.5 Å². The van der Waals surface area contributed by atoms with Crippen LogP contribution >= 0.6 is 23.2 Å². The molecule has 1 saturated heterocycles. The highest BCUT2D eigenvalue weighted by Crippen LogP contribution is 2.26. The number of β-amino-alcohol motifs (C(OH)–C–C–N with tert-alkyl or cyclic N) is 1. The van der Waals surface area contributed by atoms with E-state index in [0.29, 0.717) is 24.7 Å². The molecule has 1 heterocycles. The molecule has 4 heteroatoms. The number of likely N-dealkylation sites (tertiary alicyclic amines) is 1. The number of hydrogen-bond acceptors (Lipinski definition) is 2. The molecule has 0 unspecified atom stereocenters. The third-order valence-electron chi connectivity index (χ3n) is 2.24. The van der Waals surface area contributed by atoms with Gasteiger partial charge in [-0.3, -0.25) is 4.90 Å². The van der Waals surface area contributed by atoms with E-state index in [9.17, 15) is 5.11 Å². The van der Waals surface area contributed by atoms with Crippen molar-refractivity contribution in [1.82, 2.24) is 4.90 Å². The first-order valence-corrected chi connectivity index (χ1v) is 5.30. The highest BCUT2D eigenvalue weighted by Gasteiger charge is 2.39. The first-order chi connectivity index (χ1) is 6.09. The number of nitrogens with zero attached hydrogens (tertiary/aromatic N) is 1. The Morgan fingerprint density at radius 3 is 2.69 bits per heavy atom. The van der Waals surface area contributed by atoms with Gasteiger partial charge in [-0.05, 0) is 6.42 Å². The van der Waals surface area contributed by atoms with Crippen molar-refractivity contribution in [3.63, 3.8) is 0 Å². The molecule has 0 aromatic carbocycles. The Morgan fingerprint density at radius 2 is 2.23 bits per heavy atom. The molecule has 0 atom stereocenters. The van der Waals surface area contributed by atoms with Gasteiger partial charge in [-0.25, -0.2) is 0 Å². The number of rotatable bonds is 4. The average molecular weight is 224 g/mol. The lowest BCUT2D eigenvalue weighted by atomic mass is 9.89. The van der Waals surface area contributed by atoms with Crippen LogP contribution in [0, 0.1) is 0 Å². The summed E-state index contributed by atoms with van der Waals surface area (Å²) in [5.74, 6) is 0. The summed E-state index contributed by atoms with van der Waals surface area (Å²) in [6.07, 6.45) is 1.88. The van der Waals surface area contributed by atoms with Crippen LogP contribution < -0.4 is 0 Å². The van der Waals surface area contributed by atoms with Gasteiger partial charge in [0, 0.05) is 30.2 Å². The Kier molecular flexibility index (Phi) is 4.05. The second kappa shape index (κ2) is 4.65. The van der Waals surface area contributed by atoms with Crippen LogP contribution in [-0.2, 0) is 0 Å². The van der Waals surface area contributed by atoms with Gasteiger partial charge in [0.2, 0.25) is 0 Å². The monoisotopic (exact) mass is 223 g/mol. The van der Waals surface area contributed by atoms with Crippen LogP contribution in [0.15, 0.2) is 10.6 Å². The third kappa shape index (κ3) is 3.13. The zero-order chi connectivity index (χ0) is 9.90. The highest BCUT2D eigenvalue weighted by molar-refractivity contribution is 6.36. The lowest BCUT2D eigenvalue weighted by molar-refractivity contribution is -0.0981. The highest BCUT2D eigenvalue weighted by atomic mass is 35.5. The Labute approximate surface area is 89.1 Å². The molecule has 13 heavy (non-hydrogen) atoms. The fourth-order valence-corrected chi connectivity index (χ4v) is 2.01. The lowest BCUT2D eigenvalue weighted by Crippen LogP contribution is -2.61.